The van der Waals surface area contributed by atoms with Gasteiger partial charge in [0.1, 0.15) is 0 Å². The minimum absolute atomic E-state index is 0.138. The standard InChI is InChI=1S/C20H24N2O6S/c1-4-27-19(23)16-12(3)21-15(9-10-29)18(20(24)28-5-2)17(16)13-7-6-8-14(11-13)22(25)26/h6-8,11,17,21,29H,4-5,9-10H2,1-3H3. The topological polar surface area (TPSA) is 108 Å². The summed E-state index contributed by atoms with van der Waals surface area (Å²) in [6.07, 6.45) is 0.427. The zero-order valence-corrected chi connectivity index (χ0v) is 17.5. The average molecular weight is 420 g/mol. The molecule has 1 aliphatic heterocycles. The summed E-state index contributed by atoms with van der Waals surface area (Å²) in [7, 11) is 0. The van der Waals surface area contributed by atoms with Crippen LogP contribution in [0.1, 0.15) is 38.7 Å². The van der Waals surface area contributed by atoms with E-state index in [4.69, 9.17) is 9.47 Å². The summed E-state index contributed by atoms with van der Waals surface area (Å²) in [5, 5.41) is 14.4. The molecule has 1 aliphatic rings. The van der Waals surface area contributed by atoms with E-state index in [-0.39, 0.29) is 30.0 Å². The maximum absolute atomic E-state index is 12.9. The van der Waals surface area contributed by atoms with Crippen molar-refractivity contribution in [2.75, 3.05) is 19.0 Å². The number of dihydropyridines is 1. The van der Waals surface area contributed by atoms with Crippen molar-refractivity contribution in [2.24, 2.45) is 0 Å². The molecule has 1 N–H and O–H groups in total. The van der Waals surface area contributed by atoms with E-state index in [0.717, 1.165) is 0 Å². The van der Waals surface area contributed by atoms with Crippen LogP contribution in [0.4, 0.5) is 5.69 Å². The van der Waals surface area contributed by atoms with Gasteiger partial charge in [0.15, 0.2) is 0 Å². The smallest absolute Gasteiger partial charge is 0.336 e. The first-order valence-corrected chi connectivity index (χ1v) is 9.89. The lowest BCUT2D eigenvalue weighted by Crippen LogP contribution is -2.33. The lowest BCUT2D eigenvalue weighted by molar-refractivity contribution is -0.384. The van der Waals surface area contributed by atoms with Crippen molar-refractivity contribution in [3.8, 4) is 0 Å². The van der Waals surface area contributed by atoms with E-state index in [1.54, 1.807) is 26.8 Å². The Labute approximate surface area is 174 Å². The van der Waals surface area contributed by atoms with Crippen molar-refractivity contribution in [3.05, 3.63) is 62.5 Å². The number of esters is 2. The van der Waals surface area contributed by atoms with E-state index >= 15 is 0 Å². The zero-order valence-electron chi connectivity index (χ0n) is 16.6. The number of rotatable bonds is 8. The molecule has 9 heteroatoms. The van der Waals surface area contributed by atoms with Gasteiger partial charge in [0.25, 0.3) is 5.69 Å². The quantitative estimate of drug-likeness (QED) is 0.288. The number of nitrogens with zero attached hydrogens (tertiary/aromatic N) is 1. The van der Waals surface area contributed by atoms with Crippen LogP contribution in [-0.4, -0.2) is 35.8 Å². The highest BCUT2D eigenvalue weighted by Gasteiger charge is 2.39. The van der Waals surface area contributed by atoms with Crippen LogP contribution in [0.2, 0.25) is 0 Å². The van der Waals surface area contributed by atoms with E-state index in [9.17, 15) is 19.7 Å². The van der Waals surface area contributed by atoms with Gasteiger partial charge in [0.05, 0.1) is 35.2 Å². The molecule has 0 fully saturated rings. The van der Waals surface area contributed by atoms with Crippen LogP contribution in [0.3, 0.4) is 0 Å². The van der Waals surface area contributed by atoms with Crippen LogP contribution < -0.4 is 5.32 Å². The number of hydrogen-bond donors (Lipinski definition) is 2. The summed E-state index contributed by atoms with van der Waals surface area (Å²) < 4.78 is 10.4. The molecule has 1 unspecified atom stereocenters. The zero-order chi connectivity index (χ0) is 21.6. The van der Waals surface area contributed by atoms with Crippen molar-refractivity contribution in [3.63, 3.8) is 0 Å². The lowest BCUT2D eigenvalue weighted by Gasteiger charge is -2.31. The van der Waals surface area contributed by atoms with Crippen LogP contribution in [-0.2, 0) is 19.1 Å². The average Bonchev–Trinajstić information content (AvgIpc) is 2.68. The Morgan fingerprint density at radius 1 is 1.17 bits per heavy atom. The number of carbonyl (C=O) groups excluding carboxylic acids is 2. The first-order valence-electron chi connectivity index (χ1n) is 9.25. The second-order valence-electron chi connectivity index (χ2n) is 6.26. The van der Waals surface area contributed by atoms with Crippen molar-refractivity contribution in [1.29, 1.82) is 0 Å². The fourth-order valence-corrected chi connectivity index (χ4v) is 3.51. The molecule has 1 heterocycles. The van der Waals surface area contributed by atoms with Crippen LogP contribution in [0.5, 0.6) is 0 Å². The van der Waals surface area contributed by atoms with E-state index in [0.29, 0.717) is 29.1 Å². The molecule has 1 atom stereocenters. The van der Waals surface area contributed by atoms with Crippen LogP contribution >= 0.6 is 12.6 Å². The molecular weight excluding hydrogens is 396 g/mol. The van der Waals surface area contributed by atoms with E-state index < -0.39 is 22.8 Å². The first kappa shape index (κ1) is 22.5. The Morgan fingerprint density at radius 3 is 2.34 bits per heavy atom. The van der Waals surface area contributed by atoms with Gasteiger partial charge < -0.3 is 14.8 Å². The van der Waals surface area contributed by atoms with Gasteiger partial charge in [-0.1, -0.05) is 12.1 Å². The third-order valence-corrected chi connectivity index (χ3v) is 4.64. The number of ether oxygens (including phenoxy) is 2. The molecule has 0 radical (unpaired) electrons. The molecule has 0 aromatic heterocycles. The first-order chi connectivity index (χ1) is 13.8. The summed E-state index contributed by atoms with van der Waals surface area (Å²) in [6, 6.07) is 5.88. The highest BCUT2D eigenvalue weighted by molar-refractivity contribution is 7.80. The summed E-state index contributed by atoms with van der Waals surface area (Å²) >= 11 is 4.26. The summed E-state index contributed by atoms with van der Waals surface area (Å²) in [4.78, 5) is 36.4. The highest BCUT2D eigenvalue weighted by atomic mass is 32.1. The molecule has 0 aliphatic carbocycles. The molecule has 0 amide bonds. The van der Waals surface area contributed by atoms with Gasteiger partial charge >= 0.3 is 11.9 Å². The van der Waals surface area contributed by atoms with Gasteiger partial charge in [-0.15, -0.1) is 0 Å². The molecule has 1 aromatic carbocycles. The number of thiol groups is 1. The Bertz CT molecular complexity index is 877. The number of carbonyl (C=O) groups is 2. The third-order valence-electron chi connectivity index (χ3n) is 4.41. The molecule has 0 bridgehead atoms. The molecular formula is C20H24N2O6S. The van der Waals surface area contributed by atoms with Gasteiger partial charge in [0, 0.05) is 23.5 Å². The number of allylic oxidation sites excluding steroid dienone is 2. The minimum atomic E-state index is -0.857. The molecule has 156 valence electrons. The summed E-state index contributed by atoms with van der Waals surface area (Å²) in [6.45, 7) is 5.37. The second kappa shape index (κ2) is 10.1. The Morgan fingerprint density at radius 2 is 1.79 bits per heavy atom. The summed E-state index contributed by atoms with van der Waals surface area (Å²) in [5.41, 5.74) is 1.84. The fourth-order valence-electron chi connectivity index (χ4n) is 3.29. The molecule has 8 nitrogen and oxygen atoms in total. The highest BCUT2D eigenvalue weighted by Crippen LogP contribution is 2.40. The summed E-state index contributed by atoms with van der Waals surface area (Å²) in [5.74, 6) is -1.60. The molecule has 1 aromatic rings. The largest absolute Gasteiger partial charge is 0.463 e. The lowest BCUT2D eigenvalue weighted by atomic mass is 9.79. The van der Waals surface area contributed by atoms with Gasteiger partial charge in [-0.05, 0) is 38.5 Å². The number of nitro benzene ring substituents is 1. The van der Waals surface area contributed by atoms with Gasteiger partial charge in [-0.3, -0.25) is 10.1 Å². The monoisotopic (exact) mass is 420 g/mol. The Kier molecular flexibility index (Phi) is 7.83. The molecule has 0 spiro atoms. The maximum Gasteiger partial charge on any atom is 0.336 e. The number of hydrogen-bond acceptors (Lipinski definition) is 8. The van der Waals surface area contributed by atoms with Crippen LogP contribution in [0.25, 0.3) is 0 Å². The van der Waals surface area contributed by atoms with E-state index in [1.165, 1.54) is 18.2 Å². The van der Waals surface area contributed by atoms with E-state index in [2.05, 4.69) is 17.9 Å². The number of benzene rings is 1. The van der Waals surface area contributed by atoms with Crippen molar-refractivity contribution in [2.45, 2.75) is 33.1 Å². The van der Waals surface area contributed by atoms with Crippen molar-refractivity contribution in [1.82, 2.24) is 5.32 Å². The molecule has 29 heavy (non-hydrogen) atoms. The van der Waals surface area contributed by atoms with Gasteiger partial charge in [-0.25, -0.2) is 9.59 Å². The number of non-ortho nitro benzene ring substituents is 1. The van der Waals surface area contributed by atoms with Crippen molar-refractivity contribution < 1.29 is 24.0 Å². The van der Waals surface area contributed by atoms with Crippen LogP contribution in [0, 0.1) is 10.1 Å². The molecule has 0 saturated heterocycles. The maximum atomic E-state index is 12.9. The van der Waals surface area contributed by atoms with E-state index in [1.807, 2.05) is 0 Å². The predicted molar refractivity (Wildman–Crippen MR) is 110 cm³/mol. The Hall–Kier alpha value is -2.81. The van der Waals surface area contributed by atoms with Crippen LogP contribution in [0.15, 0.2) is 46.8 Å². The van der Waals surface area contributed by atoms with Crippen molar-refractivity contribution >= 4 is 30.3 Å². The molecule has 2 rings (SSSR count). The van der Waals surface area contributed by atoms with Gasteiger partial charge in [0.2, 0.25) is 0 Å². The fraction of sp³-hybridized carbons (Fsp3) is 0.400. The third kappa shape index (κ3) is 4.97. The number of nitro groups is 1. The second-order valence-corrected chi connectivity index (χ2v) is 6.70. The normalized spacial score (nSPS) is 16.3. The number of nitrogens with one attached hydrogen (secondary N) is 1. The SMILES string of the molecule is CCOC(=O)C1=C(C)NC(CCS)=C(C(=O)OCC)C1c1cccc([N+](=O)[O-])c1. The minimum Gasteiger partial charge on any atom is -0.463 e. The van der Waals surface area contributed by atoms with Gasteiger partial charge in [-0.2, -0.15) is 12.6 Å². The Balaban J connectivity index is 2.74. The predicted octanol–water partition coefficient (Wildman–Crippen LogP) is 3.26. The molecule has 0 saturated carbocycles.